The lowest BCUT2D eigenvalue weighted by Crippen LogP contribution is -2.40. The van der Waals surface area contributed by atoms with E-state index in [0.29, 0.717) is 43.7 Å². The molecule has 1 aliphatic rings. The zero-order valence-corrected chi connectivity index (χ0v) is 23.8. The maximum Gasteiger partial charge on any atom is 0.338 e. The normalized spacial score (nSPS) is 14.9. The number of ether oxygens (including phenoxy) is 3. The Balaban J connectivity index is 1.82. The summed E-state index contributed by atoms with van der Waals surface area (Å²) < 4.78 is 18.6. The standard InChI is InChI=1S/C31H27ClN2O5S/c1-4-38-24-16-13-22(32)17-21(24)18-25-29(35)34-28(20-11-14-23(37-3)15-12-20)26(30(36)39-5-2)27(33-31(34)40-25)19-9-7-6-8-10-19/h6-18,28H,4-5H2,1-3H3/b25-18-/t28-/m0/s1. The van der Waals surface area contributed by atoms with Gasteiger partial charge in [0.25, 0.3) is 5.56 Å². The number of carbonyl (C=O) groups excluding carboxylic acids is 1. The Morgan fingerprint density at radius 2 is 1.80 bits per heavy atom. The summed E-state index contributed by atoms with van der Waals surface area (Å²) in [6, 6.07) is 21.2. The maximum atomic E-state index is 14.1. The van der Waals surface area contributed by atoms with E-state index in [9.17, 15) is 9.59 Å². The lowest BCUT2D eigenvalue weighted by atomic mass is 9.93. The number of methoxy groups -OCH3 is 1. The van der Waals surface area contributed by atoms with Gasteiger partial charge in [0.15, 0.2) is 4.80 Å². The monoisotopic (exact) mass is 574 g/mol. The van der Waals surface area contributed by atoms with E-state index in [2.05, 4.69) is 0 Å². The second kappa shape index (κ2) is 11.9. The van der Waals surface area contributed by atoms with Crippen LogP contribution in [0, 0.1) is 0 Å². The van der Waals surface area contributed by atoms with Gasteiger partial charge in [0.2, 0.25) is 0 Å². The number of hydrogen-bond acceptors (Lipinski definition) is 7. The molecule has 40 heavy (non-hydrogen) atoms. The highest BCUT2D eigenvalue weighted by molar-refractivity contribution is 7.07. The van der Waals surface area contributed by atoms with Gasteiger partial charge in [-0.3, -0.25) is 9.36 Å². The number of halogens is 1. The number of thiazole rings is 1. The first-order valence-corrected chi connectivity index (χ1v) is 14.0. The Labute approximate surface area is 240 Å². The molecular weight excluding hydrogens is 548 g/mol. The van der Waals surface area contributed by atoms with E-state index >= 15 is 0 Å². The highest BCUT2D eigenvalue weighted by atomic mass is 35.5. The van der Waals surface area contributed by atoms with Crippen LogP contribution in [-0.4, -0.2) is 30.9 Å². The van der Waals surface area contributed by atoms with Crippen molar-refractivity contribution in [2.24, 2.45) is 4.99 Å². The third kappa shape index (κ3) is 5.33. The minimum absolute atomic E-state index is 0.180. The number of esters is 1. The van der Waals surface area contributed by atoms with Crippen molar-refractivity contribution in [1.29, 1.82) is 0 Å². The van der Waals surface area contributed by atoms with Crippen LogP contribution in [0.4, 0.5) is 0 Å². The fourth-order valence-electron chi connectivity index (χ4n) is 4.60. The molecule has 1 aromatic heterocycles. The van der Waals surface area contributed by atoms with Crippen molar-refractivity contribution in [3.05, 3.63) is 120 Å². The van der Waals surface area contributed by atoms with Crippen molar-refractivity contribution >= 4 is 40.7 Å². The Hall–Kier alpha value is -4.14. The summed E-state index contributed by atoms with van der Waals surface area (Å²) in [5.74, 6) is 0.737. The summed E-state index contributed by atoms with van der Waals surface area (Å²) in [6.07, 6.45) is 1.75. The quantitative estimate of drug-likeness (QED) is 0.277. The summed E-state index contributed by atoms with van der Waals surface area (Å²) in [6.45, 7) is 4.28. The van der Waals surface area contributed by atoms with Crippen LogP contribution < -0.4 is 24.4 Å². The Bertz CT molecular complexity index is 1760. The van der Waals surface area contributed by atoms with Crippen molar-refractivity contribution in [1.82, 2.24) is 4.57 Å². The van der Waals surface area contributed by atoms with Crippen molar-refractivity contribution in [2.75, 3.05) is 20.3 Å². The highest BCUT2D eigenvalue weighted by Crippen LogP contribution is 2.35. The van der Waals surface area contributed by atoms with Gasteiger partial charge in [0.1, 0.15) is 11.5 Å². The zero-order valence-electron chi connectivity index (χ0n) is 22.2. The van der Waals surface area contributed by atoms with E-state index in [4.69, 9.17) is 30.8 Å². The van der Waals surface area contributed by atoms with Crippen LogP contribution in [0.5, 0.6) is 11.5 Å². The van der Waals surface area contributed by atoms with Gasteiger partial charge in [0, 0.05) is 16.1 Å². The number of fused-ring (bicyclic) bond motifs is 1. The largest absolute Gasteiger partial charge is 0.497 e. The first-order valence-electron chi connectivity index (χ1n) is 12.8. The molecule has 0 fully saturated rings. The van der Waals surface area contributed by atoms with Crippen LogP contribution in [0.3, 0.4) is 0 Å². The Kier molecular flexibility index (Phi) is 8.19. The third-order valence-electron chi connectivity index (χ3n) is 6.36. The van der Waals surface area contributed by atoms with E-state index in [0.717, 1.165) is 11.1 Å². The molecule has 2 heterocycles. The predicted molar refractivity (Wildman–Crippen MR) is 157 cm³/mol. The maximum absolute atomic E-state index is 14.1. The van der Waals surface area contributed by atoms with Crippen LogP contribution in [0.25, 0.3) is 11.8 Å². The van der Waals surface area contributed by atoms with Gasteiger partial charge in [-0.15, -0.1) is 0 Å². The van der Waals surface area contributed by atoms with Crippen LogP contribution in [0.2, 0.25) is 5.02 Å². The van der Waals surface area contributed by atoms with Crippen LogP contribution in [0.1, 0.15) is 36.6 Å². The molecule has 7 nitrogen and oxygen atoms in total. The van der Waals surface area contributed by atoms with Crippen molar-refractivity contribution in [2.45, 2.75) is 19.9 Å². The second-order valence-corrected chi connectivity index (χ2v) is 10.3. The molecule has 0 aliphatic carbocycles. The van der Waals surface area contributed by atoms with E-state index in [1.54, 1.807) is 55.0 Å². The van der Waals surface area contributed by atoms with Crippen molar-refractivity contribution in [3.8, 4) is 11.5 Å². The molecule has 3 aromatic carbocycles. The molecule has 4 aromatic rings. The average molecular weight is 575 g/mol. The van der Waals surface area contributed by atoms with Gasteiger partial charge in [-0.1, -0.05) is 65.4 Å². The molecular formula is C31H27ClN2O5S. The van der Waals surface area contributed by atoms with Gasteiger partial charge >= 0.3 is 5.97 Å². The molecule has 0 N–H and O–H groups in total. The summed E-state index contributed by atoms with van der Waals surface area (Å²) in [4.78, 5) is 32.9. The van der Waals surface area contributed by atoms with Gasteiger partial charge in [-0.2, -0.15) is 0 Å². The predicted octanol–water partition coefficient (Wildman–Crippen LogP) is 5.00. The molecule has 0 saturated carbocycles. The molecule has 1 atom stereocenters. The molecule has 1 aliphatic heterocycles. The number of benzene rings is 3. The van der Waals surface area contributed by atoms with Crippen molar-refractivity contribution < 1.29 is 19.0 Å². The molecule has 9 heteroatoms. The molecule has 0 bridgehead atoms. The van der Waals surface area contributed by atoms with Gasteiger partial charge in [-0.25, -0.2) is 9.79 Å². The zero-order chi connectivity index (χ0) is 28.2. The minimum Gasteiger partial charge on any atom is -0.497 e. The minimum atomic E-state index is -0.774. The number of nitrogens with zero attached hydrogens (tertiary/aromatic N) is 2. The molecule has 0 radical (unpaired) electrons. The summed E-state index contributed by atoms with van der Waals surface area (Å²) in [7, 11) is 1.59. The number of aromatic nitrogens is 1. The number of hydrogen-bond donors (Lipinski definition) is 0. The fraction of sp³-hybridized carbons (Fsp3) is 0.194. The summed E-state index contributed by atoms with van der Waals surface area (Å²) in [5.41, 5.74) is 2.60. The third-order valence-corrected chi connectivity index (χ3v) is 7.58. The smallest absolute Gasteiger partial charge is 0.338 e. The van der Waals surface area contributed by atoms with Gasteiger partial charge in [0.05, 0.1) is 42.2 Å². The molecule has 0 unspecified atom stereocenters. The van der Waals surface area contributed by atoms with Crippen molar-refractivity contribution in [3.63, 3.8) is 0 Å². The SMILES string of the molecule is CCOC(=O)C1=C(c2ccccc2)N=c2s/c(=C\c3cc(Cl)ccc3OCC)c(=O)n2[C@H]1c1ccc(OC)cc1. The van der Waals surface area contributed by atoms with Crippen LogP contribution >= 0.6 is 22.9 Å². The van der Waals surface area contributed by atoms with Crippen LogP contribution in [0.15, 0.2) is 88.2 Å². The molecule has 204 valence electrons. The first kappa shape index (κ1) is 27.4. The lowest BCUT2D eigenvalue weighted by Gasteiger charge is -2.26. The number of rotatable bonds is 8. The van der Waals surface area contributed by atoms with Gasteiger partial charge in [-0.05, 0) is 55.8 Å². The second-order valence-electron chi connectivity index (χ2n) is 8.82. The Morgan fingerprint density at radius 3 is 2.48 bits per heavy atom. The molecule has 5 rings (SSSR count). The van der Waals surface area contributed by atoms with Crippen LogP contribution in [-0.2, 0) is 9.53 Å². The Morgan fingerprint density at radius 1 is 1.05 bits per heavy atom. The molecule has 0 saturated heterocycles. The summed E-state index contributed by atoms with van der Waals surface area (Å²) >= 11 is 7.52. The molecule has 0 spiro atoms. The van der Waals surface area contributed by atoms with E-state index < -0.39 is 12.0 Å². The van der Waals surface area contributed by atoms with E-state index in [1.807, 2.05) is 49.4 Å². The fourth-order valence-corrected chi connectivity index (χ4v) is 5.77. The topological polar surface area (TPSA) is 79.1 Å². The van der Waals surface area contributed by atoms with E-state index in [1.165, 1.54) is 11.3 Å². The van der Waals surface area contributed by atoms with E-state index in [-0.39, 0.29) is 17.7 Å². The number of carbonyl (C=O) groups is 1. The average Bonchev–Trinajstić information content (AvgIpc) is 3.28. The highest BCUT2D eigenvalue weighted by Gasteiger charge is 2.35. The van der Waals surface area contributed by atoms with Gasteiger partial charge < -0.3 is 14.2 Å². The first-order chi connectivity index (χ1) is 19.4. The molecule has 0 amide bonds. The summed E-state index contributed by atoms with van der Waals surface area (Å²) in [5, 5.41) is 0.523. The lowest BCUT2D eigenvalue weighted by molar-refractivity contribution is -0.138.